The molecule has 0 aromatic carbocycles. The van der Waals surface area contributed by atoms with Crippen LogP contribution in [0.2, 0.25) is 0 Å². The lowest BCUT2D eigenvalue weighted by molar-refractivity contribution is 0.401. The van der Waals surface area contributed by atoms with Gasteiger partial charge in [-0.15, -0.1) is 0 Å². The minimum Gasteiger partial charge on any atom is -0.315 e. The van der Waals surface area contributed by atoms with Crippen molar-refractivity contribution in [3.63, 3.8) is 0 Å². The molecule has 0 bridgehead atoms. The Morgan fingerprint density at radius 1 is 1.43 bits per heavy atom. The number of rotatable bonds is 6. The summed E-state index contributed by atoms with van der Waals surface area (Å²) in [6, 6.07) is 0. The molecule has 4 nitrogen and oxygen atoms in total. The van der Waals surface area contributed by atoms with E-state index in [0.29, 0.717) is 0 Å². The van der Waals surface area contributed by atoms with Gasteiger partial charge in [0.25, 0.3) is 0 Å². The van der Waals surface area contributed by atoms with Crippen molar-refractivity contribution < 1.29 is 0 Å². The lowest BCUT2D eigenvalue weighted by atomic mass is 10.2. The lowest BCUT2D eigenvalue weighted by Crippen LogP contribution is -2.27. The quantitative estimate of drug-likeness (QED) is 0.656. The summed E-state index contributed by atoms with van der Waals surface area (Å²) in [7, 11) is 6.12. The van der Waals surface area contributed by atoms with Crippen LogP contribution in [0.15, 0.2) is 12.4 Å². The summed E-state index contributed by atoms with van der Waals surface area (Å²) >= 11 is 0. The van der Waals surface area contributed by atoms with Crippen molar-refractivity contribution in [3.05, 3.63) is 18.0 Å². The fourth-order valence-corrected chi connectivity index (χ4v) is 1.26. The average Bonchev–Trinajstić information content (AvgIpc) is 2.50. The van der Waals surface area contributed by atoms with Crippen molar-refractivity contribution in [1.82, 2.24) is 20.0 Å². The molecule has 0 aliphatic rings. The van der Waals surface area contributed by atoms with Gasteiger partial charge in [-0.2, -0.15) is 5.10 Å². The monoisotopic (exact) mass is 196 g/mol. The van der Waals surface area contributed by atoms with Gasteiger partial charge in [-0.1, -0.05) is 0 Å². The van der Waals surface area contributed by atoms with Gasteiger partial charge in [-0.05, 0) is 32.6 Å². The standard InChI is InChI=1S/C10H20N4/c1-13(2)7-6-11-5-4-10-8-12-14(3)9-10/h8-9,11H,4-7H2,1-3H3. The maximum atomic E-state index is 4.12. The molecular formula is C10H20N4. The number of hydrogen-bond acceptors (Lipinski definition) is 3. The second kappa shape index (κ2) is 5.78. The van der Waals surface area contributed by atoms with Crippen LogP contribution >= 0.6 is 0 Å². The van der Waals surface area contributed by atoms with Gasteiger partial charge in [0.1, 0.15) is 0 Å². The van der Waals surface area contributed by atoms with Crippen LogP contribution in [0.25, 0.3) is 0 Å². The molecule has 14 heavy (non-hydrogen) atoms. The van der Waals surface area contributed by atoms with E-state index in [1.165, 1.54) is 5.56 Å². The van der Waals surface area contributed by atoms with Gasteiger partial charge < -0.3 is 10.2 Å². The van der Waals surface area contributed by atoms with Crippen LogP contribution in [0, 0.1) is 0 Å². The molecule has 1 aromatic rings. The van der Waals surface area contributed by atoms with Gasteiger partial charge in [-0.25, -0.2) is 0 Å². The van der Waals surface area contributed by atoms with E-state index in [-0.39, 0.29) is 0 Å². The molecule has 0 radical (unpaired) electrons. The molecule has 0 aliphatic carbocycles. The highest BCUT2D eigenvalue weighted by Gasteiger charge is 1.95. The molecule has 0 atom stereocenters. The van der Waals surface area contributed by atoms with Crippen molar-refractivity contribution in [2.24, 2.45) is 7.05 Å². The summed E-state index contributed by atoms with van der Waals surface area (Å²) in [5.41, 5.74) is 1.30. The second-order valence-corrected chi connectivity index (χ2v) is 3.83. The fraction of sp³-hybridized carbons (Fsp3) is 0.700. The van der Waals surface area contributed by atoms with E-state index in [1.807, 2.05) is 17.9 Å². The number of aryl methyl sites for hydroxylation is 1. The Morgan fingerprint density at radius 2 is 2.21 bits per heavy atom. The van der Waals surface area contributed by atoms with Gasteiger partial charge in [0.2, 0.25) is 0 Å². The van der Waals surface area contributed by atoms with Crippen LogP contribution in [0.4, 0.5) is 0 Å². The predicted molar refractivity (Wildman–Crippen MR) is 58.3 cm³/mol. The average molecular weight is 196 g/mol. The van der Waals surface area contributed by atoms with E-state index in [0.717, 1.165) is 26.1 Å². The number of likely N-dealkylation sites (N-methyl/N-ethyl adjacent to an activating group) is 1. The van der Waals surface area contributed by atoms with Crippen LogP contribution in [-0.4, -0.2) is 48.4 Å². The first kappa shape index (κ1) is 11.2. The van der Waals surface area contributed by atoms with Gasteiger partial charge in [-0.3, -0.25) is 4.68 Å². The molecule has 1 N–H and O–H groups in total. The zero-order valence-corrected chi connectivity index (χ0v) is 9.32. The Labute approximate surface area is 85.9 Å². The van der Waals surface area contributed by atoms with Crippen LogP contribution in [0.3, 0.4) is 0 Å². The Hall–Kier alpha value is -0.870. The van der Waals surface area contributed by atoms with Crippen molar-refractivity contribution >= 4 is 0 Å². The van der Waals surface area contributed by atoms with Crippen molar-refractivity contribution in [2.45, 2.75) is 6.42 Å². The third-order valence-electron chi connectivity index (χ3n) is 2.08. The van der Waals surface area contributed by atoms with Gasteiger partial charge in [0.15, 0.2) is 0 Å². The Bertz CT molecular complexity index is 254. The highest BCUT2D eigenvalue weighted by Crippen LogP contribution is 1.95. The van der Waals surface area contributed by atoms with E-state index in [2.05, 4.69) is 35.6 Å². The summed E-state index contributed by atoms with van der Waals surface area (Å²) in [5, 5.41) is 7.52. The van der Waals surface area contributed by atoms with Gasteiger partial charge >= 0.3 is 0 Å². The Balaban J connectivity index is 2.04. The first-order valence-electron chi connectivity index (χ1n) is 5.01. The van der Waals surface area contributed by atoms with E-state index < -0.39 is 0 Å². The molecule has 0 amide bonds. The maximum absolute atomic E-state index is 4.12. The summed E-state index contributed by atoms with van der Waals surface area (Å²) in [6.45, 7) is 3.17. The summed E-state index contributed by atoms with van der Waals surface area (Å²) in [6.07, 6.45) is 5.04. The molecule has 0 fully saturated rings. The van der Waals surface area contributed by atoms with Crippen LogP contribution in [0.5, 0.6) is 0 Å². The summed E-state index contributed by atoms with van der Waals surface area (Å²) in [5.74, 6) is 0. The molecule has 0 aliphatic heterocycles. The Morgan fingerprint density at radius 3 is 2.79 bits per heavy atom. The van der Waals surface area contributed by atoms with E-state index in [9.17, 15) is 0 Å². The van der Waals surface area contributed by atoms with Crippen LogP contribution in [0.1, 0.15) is 5.56 Å². The molecular weight excluding hydrogens is 176 g/mol. The zero-order chi connectivity index (χ0) is 10.4. The first-order valence-corrected chi connectivity index (χ1v) is 5.01. The topological polar surface area (TPSA) is 33.1 Å². The molecule has 0 saturated carbocycles. The molecule has 0 spiro atoms. The lowest BCUT2D eigenvalue weighted by Gasteiger charge is -2.09. The highest BCUT2D eigenvalue weighted by molar-refractivity contribution is 5.03. The highest BCUT2D eigenvalue weighted by atomic mass is 15.2. The van der Waals surface area contributed by atoms with E-state index in [4.69, 9.17) is 0 Å². The van der Waals surface area contributed by atoms with E-state index in [1.54, 1.807) is 0 Å². The van der Waals surface area contributed by atoms with Crippen molar-refractivity contribution in [1.29, 1.82) is 0 Å². The van der Waals surface area contributed by atoms with Crippen LogP contribution < -0.4 is 5.32 Å². The minimum absolute atomic E-state index is 1.03. The van der Waals surface area contributed by atoms with Gasteiger partial charge in [0.05, 0.1) is 6.20 Å². The minimum atomic E-state index is 1.03. The largest absolute Gasteiger partial charge is 0.315 e. The fourth-order valence-electron chi connectivity index (χ4n) is 1.26. The molecule has 0 saturated heterocycles. The maximum Gasteiger partial charge on any atom is 0.0522 e. The summed E-state index contributed by atoms with van der Waals surface area (Å²) in [4.78, 5) is 2.18. The number of hydrogen-bond donors (Lipinski definition) is 1. The molecule has 0 unspecified atom stereocenters. The molecule has 80 valence electrons. The molecule has 4 heteroatoms. The van der Waals surface area contributed by atoms with Crippen molar-refractivity contribution in [3.8, 4) is 0 Å². The third kappa shape index (κ3) is 4.39. The van der Waals surface area contributed by atoms with Gasteiger partial charge in [0, 0.05) is 26.3 Å². The second-order valence-electron chi connectivity index (χ2n) is 3.83. The number of aromatic nitrogens is 2. The molecule has 1 rings (SSSR count). The third-order valence-corrected chi connectivity index (χ3v) is 2.08. The normalized spacial score (nSPS) is 11.1. The van der Waals surface area contributed by atoms with E-state index >= 15 is 0 Å². The Kier molecular flexibility index (Phi) is 4.62. The molecule has 1 aromatic heterocycles. The SMILES string of the molecule is CN(C)CCNCCc1cnn(C)c1. The smallest absolute Gasteiger partial charge is 0.0522 e. The number of nitrogens with zero attached hydrogens (tertiary/aromatic N) is 3. The van der Waals surface area contributed by atoms with Crippen LogP contribution in [-0.2, 0) is 13.5 Å². The first-order chi connectivity index (χ1) is 6.68. The zero-order valence-electron chi connectivity index (χ0n) is 9.32. The predicted octanol–water partition coefficient (Wildman–Crippen LogP) is 0.114. The summed E-state index contributed by atoms with van der Waals surface area (Å²) < 4.78 is 1.84. The molecule has 1 heterocycles. The number of nitrogens with one attached hydrogen (secondary N) is 1. The van der Waals surface area contributed by atoms with Crippen molar-refractivity contribution in [2.75, 3.05) is 33.7 Å².